The normalized spacial score (nSPS) is 13.6. The van der Waals surface area contributed by atoms with E-state index in [2.05, 4.69) is 9.82 Å². The number of hydrogen-bond acceptors (Lipinski definition) is 4. The molecule has 3 aromatic rings. The summed E-state index contributed by atoms with van der Waals surface area (Å²) in [4.78, 5) is 0.872. The molecule has 0 saturated carbocycles. The summed E-state index contributed by atoms with van der Waals surface area (Å²) in [5.74, 6) is -0.0323. The van der Waals surface area contributed by atoms with Gasteiger partial charge in [0, 0.05) is 11.4 Å². The first-order valence-electron chi connectivity index (χ1n) is 8.36. The molecule has 28 heavy (non-hydrogen) atoms. The van der Waals surface area contributed by atoms with Crippen molar-refractivity contribution in [2.24, 2.45) is 0 Å². The van der Waals surface area contributed by atoms with Gasteiger partial charge in [0.15, 0.2) is 0 Å². The largest absolute Gasteiger partial charge is 0.432 e. The van der Waals surface area contributed by atoms with Crippen LogP contribution in [-0.4, -0.2) is 25.2 Å². The molecule has 1 unspecified atom stereocenters. The van der Waals surface area contributed by atoms with Gasteiger partial charge in [0.2, 0.25) is 10.0 Å². The van der Waals surface area contributed by atoms with Crippen LogP contribution < -0.4 is 4.72 Å². The standard InChI is InChI=1S/C18H18F3N3O2S2/c1-11(13-6-4-3-5-7-13)10-22-28(25,26)16-9-15(27-12(16)2)14-8-17(24-23-14)18(19,20)21/h3-9,11,22H,10H2,1-2H3,(H,23,24). The first kappa shape index (κ1) is 20.6. The minimum atomic E-state index is -4.54. The van der Waals surface area contributed by atoms with Gasteiger partial charge in [-0.3, -0.25) is 5.10 Å². The van der Waals surface area contributed by atoms with Gasteiger partial charge >= 0.3 is 6.18 Å². The van der Waals surface area contributed by atoms with E-state index in [1.54, 1.807) is 6.92 Å². The highest BCUT2D eigenvalue weighted by Gasteiger charge is 2.33. The number of nitrogens with one attached hydrogen (secondary N) is 2. The van der Waals surface area contributed by atoms with Gasteiger partial charge in [-0.15, -0.1) is 11.3 Å². The highest BCUT2D eigenvalue weighted by atomic mass is 32.2. The fourth-order valence-electron chi connectivity index (χ4n) is 2.66. The third-order valence-corrected chi connectivity index (χ3v) is 7.00. The number of hydrogen-bond donors (Lipinski definition) is 2. The summed E-state index contributed by atoms with van der Waals surface area (Å²) in [6, 6.07) is 11.7. The van der Waals surface area contributed by atoms with Crippen LogP contribution >= 0.6 is 11.3 Å². The number of aromatic nitrogens is 2. The Labute approximate surface area is 164 Å². The average Bonchev–Trinajstić information content (AvgIpc) is 3.27. The summed E-state index contributed by atoms with van der Waals surface area (Å²) in [5.41, 5.74) is 0.0800. The number of H-pyrrole nitrogens is 1. The molecule has 2 heterocycles. The molecule has 150 valence electrons. The zero-order chi connectivity index (χ0) is 20.5. The molecular formula is C18H18F3N3O2S2. The quantitative estimate of drug-likeness (QED) is 0.604. The number of aromatic amines is 1. The fourth-order valence-corrected chi connectivity index (χ4v) is 5.34. The van der Waals surface area contributed by atoms with Crippen LogP contribution in [0.3, 0.4) is 0 Å². The van der Waals surface area contributed by atoms with Crippen LogP contribution in [0.4, 0.5) is 13.2 Å². The Hall–Kier alpha value is -2.17. The molecule has 10 heteroatoms. The lowest BCUT2D eigenvalue weighted by atomic mass is 10.0. The first-order chi connectivity index (χ1) is 13.1. The second-order valence-corrected chi connectivity index (χ2v) is 9.35. The molecule has 0 aliphatic carbocycles. The maximum absolute atomic E-state index is 12.7. The van der Waals surface area contributed by atoms with Crippen molar-refractivity contribution in [3.05, 3.63) is 58.6 Å². The van der Waals surface area contributed by atoms with Crippen molar-refractivity contribution in [3.63, 3.8) is 0 Å². The van der Waals surface area contributed by atoms with Gasteiger partial charge < -0.3 is 0 Å². The maximum Gasteiger partial charge on any atom is 0.432 e. The second-order valence-electron chi connectivity index (χ2n) is 6.36. The van der Waals surface area contributed by atoms with E-state index in [4.69, 9.17) is 0 Å². The number of nitrogens with zero attached hydrogens (tertiary/aromatic N) is 1. The molecule has 5 nitrogen and oxygen atoms in total. The van der Waals surface area contributed by atoms with Gasteiger partial charge in [-0.05, 0) is 30.5 Å². The number of benzene rings is 1. The van der Waals surface area contributed by atoms with Crippen molar-refractivity contribution in [2.75, 3.05) is 6.54 Å². The van der Waals surface area contributed by atoms with Gasteiger partial charge in [0.1, 0.15) is 11.4 Å². The van der Waals surface area contributed by atoms with Crippen LogP contribution in [-0.2, 0) is 16.2 Å². The number of sulfonamides is 1. The summed E-state index contributed by atoms with van der Waals surface area (Å²) in [6.07, 6.45) is -4.54. The lowest BCUT2D eigenvalue weighted by molar-refractivity contribution is -0.141. The highest BCUT2D eigenvalue weighted by Crippen LogP contribution is 2.35. The SMILES string of the molecule is Cc1sc(-c2cc(C(F)(F)F)[nH]n2)cc1S(=O)(=O)NCC(C)c1ccccc1. The Morgan fingerprint density at radius 3 is 2.50 bits per heavy atom. The molecule has 0 amide bonds. The first-order valence-corrected chi connectivity index (χ1v) is 10.7. The molecule has 3 rings (SSSR count). The smallest absolute Gasteiger partial charge is 0.273 e. The van der Waals surface area contributed by atoms with E-state index in [0.29, 0.717) is 9.75 Å². The molecule has 0 fully saturated rings. The predicted molar refractivity (Wildman–Crippen MR) is 102 cm³/mol. The molecule has 0 saturated heterocycles. The van der Waals surface area contributed by atoms with E-state index in [9.17, 15) is 21.6 Å². The molecule has 0 spiro atoms. The van der Waals surface area contributed by atoms with E-state index in [1.165, 1.54) is 6.07 Å². The molecule has 0 aliphatic rings. The Morgan fingerprint density at radius 1 is 1.21 bits per heavy atom. The van der Waals surface area contributed by atoms with E-state index in [0.717, 1.165) is 23.0 Å². The van der Waals surface area contributed by atoms with Crippen LogP contribution in [0.1, 0.15) is 29.0 Å². The van der Waals surface area contributed by atoms with Crippen LogP contribution in [0.15, 0.2) is 47.4 Å². The number of thiophene rings is 1. The number of halogens is 3. The van der Waals surface area contributed by atoms with Crippen molar-refractivity contribution >= 4 is 21.4 Å². The zero-order valence-corrected chi connectivity index (χ0v) is 16.7. The zero-order valence-electron chi connectivity index (χ0n) is 15.0. The Balaban J connectivity index is 1.78. The molecule has 0 bridgehead atoms. The van der Waals surface area contributed by atoms with Gasteiger partial charge in [-0.2, -0.15) is 18.3 Å². The van der Waals surface area contributed by atoms with Gasteiger partial charge in [-0.1, -0.05) is 37.3 Å². The van der Waals surface area contributed by atoms with Crippen LogP contribution in [0.5, 0.6) is 0 Å². The summed E-state index contributed by atoms with van der Waals surface area (Å²) >= 11 is 1.08. The third kappa shape index (κ3) is 4.45. The summed E-state index contributed by atoms with van der Waals surface area (Å²) in [6.45, 7) is 3.73. The lowest BCUT2D eigenvalue weighted by Gasteiger charge is -2.13. The third-order valence-electron chi connectivity index (χ3n) is 4.25. The number of alkyl halides is 3. The highest BCUT2D eigenvalue weighted by molar-refractivity contribution is 7.89. The van der Waals surface area contributed by atoms with Crippen LogP contribution in [0, 0.1) is 6.92 Å². The van der Waals surface area contributed by atoms with Crippen molar-refractivity contribution in [1.82, 2.24) is 14.9 Å². The summed E-state index contributed by atoms with van der Waals surface area (Å²) in [7, 11) is -3.80. The minimum absolute atomic E-state index is 0.0323. The summed E-state index contributed by atoms with van der Waals surface area (Å²) < 4.78 is 66.1. The molecule has 0 aliphatic heterocycles. The van der Waals surface area contributed by atoms with Gasteiger partial charge in [0.05, 0.1) is 9.77 Å². The Bertz CT molecular complexity index is 1060. The second kappa shape index (κ2) is 7.69. The van der Waals surface area contributed by atoms with Crippen molar-refractivity contribution < 1.29 is 21.6 Å². The van der Waals surface area contributed by atoms with E-state index in [-0.39, 0.29) is 23.1 Å². The average molecular weight is 429 g/mol. The molecular weight excluding hydrogens is 411 g/mol. The Kier molecular flexibility index (Phi) is 5.64. The van der Waals surface area contributed by atoms with Gasteiger partial charge in [0.25, 0.3) is 0 Å². The number of aryl methyl sites for hydroxylation is 1. The van der Waals surface area contributed by atoms with E-state index < -0.39 is 21.9 Å². The number of rotatable bonds is 6. The summed E-state index contributed by atoms with van der Waals surface area (Å²) in [5, 5.41) is 5.59. The monoisotopic (exact) mass is 429 g/mol. The van der Waals surface area contributed by atoms with Crippen LogP contribution in [0.2, 0.25) is 0 Å². The fraction of sp³-hybridized carbons (Fsp3) is 0.278. The molecule has 1 aromatic carbocycles. The van der Waals surface area contributed by atoms with Crippen molar-refractivity contribution in [3.8, 4) is 10.6 Å². The van der Waals surface area contributed by atoms with Crippen molar-refractivity contribution in [1.29, 1.82) is 0 Å². The topological polar surface area (TPSA) is 74.8 Å². The Morgan fingerprint density at radius 2 is 1.89 bits per heavy atom. The maximum atomic E-state index is 12.7. The lowest BCUT2D eigenvalue weighted by Crippen LogP contribution is -2.27. The van der Waals surface area contributed by atoms with Crippen LogP contribution in [0.25, 0.3) is 10.6 Å². The molecule has 2 aromatic heterocycles. The molecule has 2 N–H and O–H groups in total. The minimum Gasteiger partial charge on any atom is -0.273 e. The molecule has 1 atom stereocenters. The van der Waals surface area contributed by atoms with Gasteiger partial charge in [-0.25, -0.2) is 13.1 Å². The molecule has 0 radical (unpaired) electrons. The van der Waals surface area contributed by atoms with E-state index >= 15 is 0 Å². The predicted octanol–water partition coefficient (Wildman–Crippen LogP) is 4.55. The van der Waals surface area contributed by atoms with E-state index in [1.807, 2.05) is 42.4 Å². The van der Waals surface area contributed by atoms with Crippen molar-refractivity contribution in [2.45, 2.75) is 30.8 Å².